The van der Waals surface area contributed by atoms with E-state index in [1.165, 1.54) is 14.0 Å². The van der Waals surface area contributed by atoms with Crippen molar-refractivity contribution in [2.75, 3.05) is 33.4 Å². The lowest BCUT2D eigenvalue weighted by molar-refractivity contribution is -0.182. The third-order valence-electron chi connectivity index (χ3n) is 3.02. The zero-order chi connectivity index (χ0) is 14.5. The van der Waals surface area contributed by atoms with Crippen molar-refractivity contribution in [1.82, 2.24) is 4.90 Å². The van der Waals surface area contributed by atoms with E-state index in [9.17, 15) is 18.4 Å². The van der Waals surface area contributed by atoms with Crippen LogP contribution >= 0.6 is 0 Å². The molecular formula is C12H19F2NO4. The molecule has 1 aliphatic rings. The summed E-state index contributed by atoms with van der Waals surface area (Å²) in [4.78, 5) is 23.6. The molecule has 0 bridgehead atoms. The Morgan fingerprint density at radius 3 is 2.47 bits per heavy atom. The van der Waals surface area contributed by atoms with Gasteiger partial charge < -0.3 is 14.4 Å². The largest absolute Gasteiger partial charge is 0.461 e. The molecular weight excluding hydrogens is 260 g/mol. The summed E-state index contributed by atoms with van der Waals surface area (Å²) in [7, 11) is 1.27. The Morgan fingerprint density at radius 2 is 1.95 bits per heavy atom. The molecule has 0 aromatic carbocycles. The van der Waals surface area contributed by atoms with Gasteiger partial charge in [0.1, 0.15) is 0 Å². The fourth-order valence-electron chi connectivity index (χ4n) is 1.95. The fourth-order valence-corrected chi connectivity index (χ4v) is 1.95. The minimum Gasteiger partial charge on any atom is -0.461 e. The fraction of sp³-hybridized carbons (Fsp3) is 0.833. The molecule has 1 rings (SSSR count). The summed E-state index contributed by atoms with van der Waals surface area (Å²) >= 11 is 0. The molecule has 19 heavy (non-hydrogen) atoms. The second-order valence-electron chi connectivity index (χ2n) is 4.54. The second kappa shape index (κ2) is 6.79. The van der Waals surface area contributed by atoms with Gasteiger partial charge in [0.05, 0.1) is 6.61 Å². The Morgan fingerprint density at radius 1 is 1.37 bits per heavy atom. The van der Waals surface area contributed by atoms with Crippen molar-refractivity contribution < 1.29 is 27.8 Å². The van der Waals surface area contributed by atoms with E-state index in [4.69, 9.17) is 4.74 Å². The molecule has 0 aromatic heterocycles. The number of hydrogen-bond donors (Lipinski definition) is 0. The minimum absolute atomic E-state index is 0.126. The average molecular weight is 279 g/mol. The maximum absolute atomic E-state index is 13.5. The van der Waals surface area contributed by atoms with E-state index >= 15 is 0 Å². The minimum atomic E-state index is -4.12. The van der Waals surface area contributed by atoms with Gasteiger partial charge in [0.15, 0.2) is 0 Å². The van der Waals surface area contributed by atoms with Crippen LogP contribution in [0.15, 0.2) is 0 Å². The normalized spacial score (nSPS) is 17.1. The molecule has 1 fully saturated rings. The number of halogens is 2. The number of hydrogen-bond acceptors (Lipinski definition) is 4. The molecule has 0 radical (unpaired) electrons. The molecule has 0 aliphatic carbocycles. The van der Waals surface area contributed by atoms with Gasteiger partial charge in [-0.25, -0.2) is 4.79 Å². The van der Waals surface area contributed by atoms with Crippen molar-refractivity contribution in [1.29, 1.82) is 0 Å². The van der Waals surface area contributed by atoms with Crippen LogP contribution in [0, 0.1) is 5.92 Å². The zero-order valence-electron chi connectivity index (χ0n) is 11.2. The highest BCUT2D eigenvalue weighted by molar-refractivity contribution is 6.04. The quantitative estimate of drug-likeness (QED) is 0.558. The van der Waals surface area contributed by atoms with E-state index in [0.29, 0.717) is 13.2 Å². The summed E-state index contributed by atoms with van der Waals surface area (Å²) in [5.41, 5.74) is 0. The van der Waals surface area contributed by atoms with Gasteiger partial charge in [0, 0.05) is 26.8 Å². The van der Waals surface area contributed by atoms with Crippen LogP contribution in [0.5, 0.6) is 0 Å². The Bertz CT molecular complexity index is 330. The molecule has 7 heteroatoms. The molecule has 0 N–H and O–H groups in total. The van der Waals surface area contributed by atoms with Gasteiger partial charge in [-0.15, -0.1) is 0 Å². The highest BCUT2D eigenvalue weighted by Gasteiger charge is 2.50. The van der Waals surface area contributed by atoms with Gasteiger partial charge in [0.25, 0.3) is 0 Å². The molecule has 1 amide bonds. The Kier molecular flexibility index (Phi) is 5.65. The van der Waals surface area contributed by atoms with Gasteiger partial charge >= 0.3 is 17.8 Å². The number of amides is 1. The first-order chi connectivity index (χ1) is 8.89. The van der Waals surface area contributed by atoms with Gasteiger partial charge in [-0.2, -0.15) is 8.78 Å². The molecule has 0 atom stereocenters. The summed E-state index contributed by atoms with van der Waals surface area (Å²) < 4.78 is 36.4. The first-order valence-corrected chi connectivity index (χ1v) is 6.28. The molecule has 1 saturated heterocycles. The van der Waals surface area contributed by atoms with Crippen molar-refractivity contribution in [2.45, 2.75) is 25.7 Å². The van der Waals surface area contributed by atoms with Crippen LogP contribution in [-0.4, -0.2) is 56.1 Å². The van der Waals surface area contributed by atoms with Gasteiger partial charge in [-0.05, 0) is 25.7 Å². The number of rotatable bonds is 5. The smallest absolute Gasteiger partial charge is 0.419 e. The summed E-state index contributed by atoms with van der Waals surface area (Å²) in [5, 5.41) is 0. The maximum atomic E-state index is 13.5. The average Bonchev–Trinajstić information content (AvgIpc) is 2.39. The summed E-state index contributed by atoms with van der Waals surface area (Å²) in [6.45, 7) is 2.55. The Hall–Kier alpha value is -1.24. The van der Waals surface area contributed by atoms with Crippen molar-refractivity contribution in [3.8, 4) is 0 Å². The van der Waals surface area contributed by atoms with E-state index in [1.54, 1.807) is 0 Å². The van der Waals surface area contributed by atoms with E-state index < -0.39 is 17.8 Å². The number of nitrogens with zero attached hydrogens (tertiary/aromatic N) is 1. The predicted molar refractivity (Wildman–Crippen MR) is 62.8 cm³/mol. The lowest BCUT2D eigenvalue weighted by Crippen LogP contribution is -2.49. The number of carbonyl (C=O) groups excluding carboxylic acids is 2. The SMILES string of the molecule is CCOC(=O)C(F)(F)C(=O)N(C)CC1CCOCC1. The lowest BCUT2D eigenvalue weighted by Gasteiger charge is -2.28. The van der Waals surface area contributed by atoms with Crippen molar-refractivity contribution in [3.63, 3.8) is 0 Å². The molecule has 0 unspecified atom stereocenters. The molecule has 1 aliphatic heterocycles. The molecule has 1 heterocycles. The monoisotopic (exact) mass is 279 g/mol. The second-order valence-corrected chi connectivity index (χ2v) is 4.54. The van der Waals surface area contributed by atoms with Crippen molar-refractivity contribution in [3.05, 3.63) is 0 Å². The van der Waals surface area contributed by atoms with Crippen LogP contribution in [0.25, 0.3) is 0 Å². The molecule has 110 valence electrons. The van der Waals surface area contributed by atoms with Crippen LogP contribution < -0.4 is 0 Å². The predicted octanol–water partition coefficient (Wildman–Crippen LogP) is 1.07. The topological polar surface area (TPSA) is 55.8 Å². The first kappa shape index (κ1) is 15.8. The number of esters is 1. The zero-order valence-corrected chi connectivity index (χ0v) is 11.2. The lowest BCUT2D eigenvalue weighted by atomic mass is 10.00. The third-order valence-corrected chi connectivity index (χ3v) is 3.02. The summed E-state index contributed by atoms with van der Waals surface area (Å²) in [5.74, 6) is -7.30. The van der Waals surface area contributed by atoms with Crippen LogP contribution in [0.4, 0.5) is 8.78 Å². The molecule has 0 aromatic rings. The standard InChI is InChI=1S/C12H19F2NO4/c1-3-19-11(17)12(13,14)10(16)15(2)8-9-4-6-18-7-5-9/h9H,3-8H2,1-2H3. The van der Waals surface area contributed by atoms with Crippen LogP contribution in [0.1, 0.15) is 19.8 Å². The van der Waals surface area contributed by atoms with Crippen LogP contribution in [0.3, 0.4) is 0 Å². The van der Waals surface area contributed by atoms with Gasteiger partial charge in [-0.1, -0.05) is 0 Å². The van der Waals surface area contributed by atoms with E-state index in [2.05, 4.69) is 4.74 Å². The molecule has 0 spiro atoms. The molecule has 0 saturated carbocycles. The van der Waals surface area contributed by atoms with E-state index in [0.717, 1.165) is 17.7 Å². The van der Waals surface area contributed by atoms with Crippen molar-refractivity contribution >= 4 is 11.9 Å². The van der Waals surface area contributed by atoms with Gasteiger partial charge in [0.2, 0.25) is 0 Å². The van der Waals surface area contributed by atoms with Gasteiger partial charge in [-0.3, -0.25) is 4.79 Å². The number of ether oxygens (including phenoxy) is 2. The third kappa shape index (κ3) is 4.12. The Balaban J connectivity index is 2.56. The first-order valence-electron chi connectivity index (χ1n) is 6.28. The highest BCUT2D eigenvalue weighted by Crippen LogP contribution is 2.21. The number of alkyl halides is 2. The summed E-state index contributed by atoms with van der Waals surface area (Å²) in [6, 6.07) is 0. The van der Waals surface area contributed by atoms with Crippen LogP contribution in [-0.2, 0) is 19.1 Å². The van der Waals surface area contributed by atoms with E-state index in [-0.39, 0.29) is 19.1 Å². The Labute approximate surface area is 110 Å². The molecule has 5 nitrogen and oxygen atoms in total. The highest BCUT2D eigenvalue weighted by atomic mass is 19.3. The van der Waals surface area contributed by atoms with Crippen molar-refractivity contribution in [2.24, 2.45) is 5.92 Å². The number of carbonyl (C=O) groups is 2. The maximum Gasteiger partial charge on any atom is 0.419 e. The van der Waals surface area contributed by atoms with Crippen LogP contribution in [0.2, 0.25) is 0 Å². The summed E-state index contributed by atoms with van der Waals surface area (Å²) in [6.07, 6.45) is 1.45. The van der Waals surface area contributed by atoms with E-state index in [1.807, 2.05) is 0 Å².